The summed E-state index contributed by atoms with van der Waals surface area (Å²) in [6, 6.07) is 0. The van der Waals surface area contributed by atoms with Gasteiger partial charge in [-0.05, 0) is 64.0 Å². The Labute approximate surface area is 305 Å². The number of aryl methyl sites for hydroxylation is 1. The molecular weight excluding hydrogens is 714 g/mol. The SMILES string of the molecule is Cc1oc(=O)oc1COC(=O)CC(C)(C)OC(=O)Nc1nc(F)nc2c1ncn2[C@H]1CC(O[Si](C)(C)C(C)(C)C)[C@@](C)(CO[Si](C)(C)C(C)(C)C)O1. The Hall–Kier alpha value is -3.46. The van der Waals surface area contributed by atoms with Crippen LogP contribution in [-0.4, -0.2) is 72.1 Å². The lowest BCUT2D eigenvalue weighted by Crippen LogP contribution is -2.53. The summed E-state index contributed by atoms with van der Waals surface area (Å²) >= 11 is 0. The van der Waals surface area contributed by atoms with Gasteiger partial charge in [0.1, 0.15) is 17.4 Å². The van der Waals surface area contributed by atoms with Gasteiger partial charge in [0, 0.05) is 6.42 Å². The van der Waals surface area contributed by atoms with Gasteiger partial charge in [0.15, 0.2) is 51.7 Å². The quantitative estimate of drug-likeness (QED) is 0.110. The average molecular weight is 768 g/mol. The summed E-state index contributed by atoms with van der Waals surface area (Å²) in [5, 5.41) is 2.35. The Kier molecular flexibility index (Phi) is 11.4. The van der Waals surface area contributed by atoms with Crippen LogP contribution in [0.4, 0.5) is 15.0 Å². The first kappa shape index (κ1) is 41.3. The van der Waals surface area contributed by atoms with Crippen molar-refractivity contribution >= 4 is 45.7 Å². The molecule has 3 aromatic heterocycles. The number of rotatable bonds is 12. The van der Waals surface area contributed by atoms with Crippen LogP contribution < -0.4 is 11.1 Å². The van der Waals surface area contributed by atoms with Crippen molar-refractivity contribution in [2.24, 2.45) is 0 Å². The molecule has 1 aliphatic rings. The second kappa shape index (κ2) is 14.4. The number of halogens is 1. The van der Waals surface area contributed by atoms with E-state index in [-0.39, 0.29) is 57.7 Å². The number of hydrogen-bond donors (Lipinski definition) is 1. The molecule has 3 atom stereocenters. The molecule has 1 N–H and O–H groups in total. The fourth-order valence-corrected chi connectivity index (χ4v) is 7.55. The first-order chi connectivity index (χ1) is 23.6. The Balaban J connectivity index is 1.53. The molecule has 0 radical (unpaired) electrons. The summed E-state index contributed by atoms with van der Waals surface area (Å²) in [5.74, 6) is -1.63. The van der Waals surface area contributed by atoms with Crippen LogP contribution >= 0.6 is 0 Å². The van der Waals surface area contributed by atoms with Gasteiger partial charge in [0.25, 0.3) is 0 Å². The average Bonchev–Trinajstić information content (AvgIpc) is 3.63. The van der Waals surface area contributed by atoms with Crippen LogP contribution in [0.25, 0.3) is 11.2 Å². The van der Waals surface area contributed by atoms with Crippen molar-refractivity contribution < 1.29 is 45.9 Å². The number of esters is 1. The maximum Gasteiger partial charge on any atom is 0.519 e. The molecule has 1 saturated heterocycles. The molecule has 0 aliphatic carbocycles. The highest BCUT2D eigenvalue weighted by atomic mass is 28.4. The molecule has 3 aromatic rings. The molecule has 18 heteroatoms. The number of carbonyl (C=O) groups excluding carboxylic acids is 2. The fraction of sp³-hybridized carbons (Fsp3) is 0.706. The van der Waals surface area contributed by atoms with Gasteiger partial charge < -0.3 is 31.9 Å². The zero-order chi connectivity index (χ0) is 39.2. The van der Waals surface area contributed by atoms with Crippen molar-refractivity contribution in [3.63, 3.8) is 0 Å². The Morgan fingerprint density at radius 3 is 2.25 bits per heavy atom. The van der Waals surface area contributed by atoms with Gasteiger partial charge in [0.05, 0.1) is 25.5 Å². The molecular formula is C34H54FN5O10Si2. The maximum absolute atomic E-state index is 15.0. The van der Waals surface area contributed by atoms with Crippen molar-refractivity contribution in [1.82, 2.24) is 19.5 Å². The van der Waals surface area contributed by atoms with E-state index in [0.717, 1.165) is 0 Å². The van der Waals surface area contributed by atoms with Gasteiger partial charge in [-0.3, -0.25) is 14.7 Å². The third-order valence-corrected chi connectivity index (χ3v) is 19.3. The Morgan fingerprint density at radius 1 is 1.04 bits per heavy atom. The zero-order valence-corrected chi connectivity index (χ0v) is 34.8. The van der Waals surface area contributed by atoms with Gasteiger partial charge in [-0.15, -0.1) is 0 Å². The lowest BCUT2D eigenvalue weighted by molar-refractivity contribution is -0.149. The monoisotopic (exact) mass is 767 g/mol. The van der Waals surface area contributed by atoms with E-state index in [1.807, 2.05) is 6.92 Å². The van der Waals surface area contributed by atoms with Crippen LogP contribution in [0, 0.1) is 13.0 Å². The van der Waals surface area contributed by atoms with E-state index in [1.54, 1.807) is 4.57 Å². The smallest absolute Gasteiger partial charge is 0.457 e. The van der Waals surface area contributed by atoms with Crippen molar-refractivity contribution in [1.29, 1.82) is 0 Å². The molecule has 0 aromatic carbocycles. The van der Waals surface area contributed by atoms with E-state index in [4.69, 9.17) is 31.9 Å². The minimum absolute atomic E-state index is 0.0185. The van der Waals surface area contributed by atoms with Crippen LogP contribution in [-0.2, 0) is 34.5 Å². The number of imidazole rings is 1. The molecule has 0 saturated carbocycles. The van der Waals surface area contributed by atoms with Gasteiger partial charge in [-0.1, -0.05) is 41.5 Å². The lowest BCUT2D eigenvalue weighted by Gasteiger charge is -2.43. The largest absolute Gasteiger partial charge is 0.519 e. The molecule has 0 bridgehead atoms. The van der Waals surface area contributed by atoms with Crippen LogP contribution in [0.1, 0.15) is 92.9 Å². The molecule has 1 unspecified atom stereocenters. The number of carbonyl (C=O) groups is 2. The molecule has 15 nitrogen and oxygen atoms in total. The number of anilines is 1. The number of aromatic nitrogens is 4. The van der Waals surface area contributed by atoms with Crippen molar-refractivity contribution in [2.75, 3.05) is 11.9 Å². The first-order valence-electron chi connectivity index (χ1n) is 17.3. The van der Waals surface area contributed by atoms with Gasteiger partial charge >= 0.3 is 24.0 Å². The van der Waals surface area contributed by atoms with E-state index < -0.39 is 58.0 Å². The van der Waals surface area contributed by atoms with Crippen LogP contribution in [0.2, 0.25) is 36.3 Å². The number of hydrogen-bond acceptors (Lipinski definition) is 13. The zero-order valence-electron chi connectivity index (χ0n) is 32.8. The Bertz CT molecular complexity index is 1840. The van der Waals surface area contributed by atoms with Crippen LogP contribution in [0.15, 0.2) is 20.0 Å². The summed E-state index contributed by atoms with van der Waals surface area (Å²) in [5.41, 5.74) is -2.01. The third-order valence-electron chi connectivity index (χ3n) is 10.3. The summed E-state index contributed by atoms with van der Waals surface area (Å²) in [6.45, 7) is 28.3. The lowest BCUT2D eigenvalue weighted by atomic mass is 10.0. The summed E-state index contributed by atoms with van der Waals surface area (Å²) < 4.78 is 57.2. The van der Waals surface area contributed by atoms with E-state index in [2.05, 4.69) is 88.0 Å². The number of nitrogens with zero attached hydrogens (tertiary/aromatic N) is 4. The highest BCUT2D eigenvalue weighted by Gasteiger charge is 2.53. The van der Waals surface area contributed by atoms with E-state index in [0.29, 0.717) is 13.0 Å². The van der Waals surface area contributed by atoms with Crippen LogP contribution in [0.5, 0.6) is 0 Å². The predicted molar refractivity (Wildman–Crippen MR) is 194 cm³/mol. The number of ether oxygens (including phenoxy) is 3. The molecule has 290 valence electrons. The minimum atomic E-state index is -2.27. The molecule has 1 amide bonds. The normalized spacial score (nSPS) is 20.4. The minimum Gasteiger partial charge on any atom is -0.457 e. The molecule has 1 fully saturated rings. The highest BCUT2D eigenvalue weighted by Crippen LogP contribution is 2.46. The highest BCUT2D eigenvalue weighted by molar-refractivity contribution is 6.74. The maximum atomic E-state index is 15.0. The number of amides is 1. The van der Waals surface area contributed by atoms with Gasteiger partial charge in [-0.25, -0.2) is 14.6 Å². The van der Waals surface area contributed by atoms with Gasteiger partial charge in [0.2, 0.25) is 0 Å². The summed E-state index contributed by atoms with van der Waals surface area (Å²) in [4.78, 5) is 48.9. The fourth-order valence-electron chi connectivity index (χ4n) is 5.06. The Morgan fingerprint density at radius 2 is 1.67 bits per heavy atom. The van der Waals surface area contributed by atoms with Crippen molar-refractivity contribution in [2.45, 2.75) is 148 Å². The van der Waals surface area contributed by atoms with Crippen molar-refractivity contribution in [3.05, 3.63) is 34.5 Å². The molecule has 0 spiro atoms. The number of nitrogens with one attached hydrogen (secondary N) is 1. The van der Waals surface area contributed by atoms with E-state index in [1.165, 1.54) is 27.1 Å². The molecule has 4 heterocycles. The summed E-state index contributed by atoms with van der Waals surface area (Å²) in [6.07, 6.45) is -1.58. The number of fused-ring (bicyclic) bond motifs is 1. The second-order valence-electron chi connectivity index (χ2n) is 17.2. The third kappa shape index (κ3) is 9.36. The van der Waals surface area contributed by atoms with E-state index >= 15 is 0 Å². The summed E-state index contributed by atoms with van der Waals surface area (Å²) in [7, 11) is -4.43. The van der Waals surface area contributed by atoms with Crippen LogP contribution in [0.3, 0.4) is 0 Å². The predicted octanol–water partition coefficient (Wildman–Crippen LogP) is 7.37. The molecule has 1 aliphatic heterocycles. The van der Waals surface area contributed by atoms with Gasteiger partial charge in [-0.2, -0.15) is 14.4 Å². The van der Waals surface area contributed by atoms with E-state index in [9.17, 15) is 18.8 Å². The standard InChI is InChI=1S/C34H54FN5O10Si2/c1-20-21(47-30(43)46-20)17-44-24(41)16-33(8,9)49-29(42)38-26-25-27(39-28(35)37-26)40(19-36-25)23-15-22(50-52(13,14)32(5,6)7)34(10,48-23)18-45-51(11,12)31(2,3)4/h19,22-23H,15-18H2,1-14H3,(H,37,38,39,42)/t22?,23-,34-/m1/s1. The first-order valence-corrected chi connectivity index (χ1v) is 23.1. The van der Waals surface area contributed by atoms with Crippen molar-refractivity contribution in [3.8, 4) is 0 Å². The molecule has 52 heavy (non-hydrogen) atoms. The molecule has 4 rings (SSSR count). The second-order valence-corrected chi connectivity index (χ2v) is 26.8. The topological polar surface area (TPSA) is 179 Å².